The van der Waals surface area contributed by atoms with Gasteiger partial charge in [-0.3, -0.25) is 9.59 Å². The van der Waals surface area contributed by atoms with Gasteiger partial charge in [0.2, 0.25) is 5.91 Å². The second kappa shape index (κ2) is 5.63. The molecule has 0 unspecified atom stereocenters. The van der Waals surface area contributed by atoms with Gasteiger partial charge in [0.1, 0.15) is 0 Å². The van der Waals surface area contributed by atoms with Gasteiger partial charge in [-0.1, -0.05) is 0 Å². The topological polar surface area (TPSA) is 67.2 Å². The highest BCUT2D eigenvalue weighted by atomic mass is 16.2. The number of rotatable bonds is 2. The zero-order valence-corrected chi connectivity index (χ0v) is 12.7. The normalized spacial score (nSPS) is 13.6. The Morgan fingerprint density at radius 3 is 2.95 bits per heavy atom. The lowest BCUT2D eigenvalue weighted by atomic mass is 10.0. The summed E-state index contributed by atoms with van der Waals surface area (Å²) >= 11 is 0. The van der Waals surface area contributed by atoms with E-state index in [1.54, 1.807) is 31.3 Å². The van der Waals surface area contributed by atoms with E-state index in [2.05, 4.69) is 10.3 Å². The van der Waals surface area contributed by atoms with Crippen LogP contribution in [0.3, 0.4) is 0 Å². The number of hydrogen-bond acceptors (Lipinski definition) is 4. The summed E-state index contributed by atoms with van der Waals surface area (Å²) in [7, 11) is 1.69. The Morgan fingerprint density at radius 2 is 2.18 bits per heavy atom. The van der Waals surface area contributed by atoms with Crippen LogP contribution in [0.25, 0.3) is 0 Å². The zero-order chi connectivity index (χ0) is 15.7. The Morgan fingerprint density at radius 1 is 1.36 bits per heavy atom. The van der Waals surface area contributed by atoms with E-state index in [-0.39, 0.29) is 11.5 Å². The van der Waals surface area contributed by atoms with Crippen molar-refractivity contribution in [3.8, 4) is 0 Å². The lowest BCUT2D eigenvalue weighted by Gasteiger charge is -2.29. The fourth-order valence-electron chi connectivity index (χ4n) is 2.72. The summed E-state index contributed by atoms with van der Waals surface area (Å²) in [5.41, 5.74) is 2.70. The molecule has 1 aliphatic heterocycles. The van der Waals surface area contributed by atoms with Crippen molar-refractivity contribution < 1.29 is 4.79 Å². The molecule has 2 heterocycles. The fraction of sp³-hybridized carbons (Fsp3) is 0.312. The smallest absolute Gasteiger partial charge is 0.293 e. The van der Waals surface area contributed by atoms with Gasteiger partial charge in [-0.2, -0.15) is 0 Å². The summed E-state index contributed by atoms with van der Waals surface area (Å²) in [5, 5.41) is 3.06. The maximum absolute atomic E-state index is 12.0. The highest BCUT2D eigenvalue weighted by Crippen LogP contribution is 2.30. The molecule has 1 amide bonds. The molecule has 6 nitrogen and oxygen atoms in total. The number of carbonyl (C=O) groups excluding carboxylic acids is 1. The summed E-state index contributed by atoms with van der Waals surface area (Å²) in [4.78, 5) is 29.5. The molecule has 0 aliphatic carbocycles. The van der Waals surface area contributed by atoms with Crippen LogP contribution < -0.4 is 15.8 Å². The second-order valence-corrected chi connectivity index (χ2v) is 5.43. The van der Waals surface area contributed by atoms with Gasteiger partial charge in [0.25, 0.3) is 5.56 Å². The number of carbonyl (C=O) groups is 1. The SMILES string of the molecule is CC(=O)N1CCCc2cc(Nc3nccn(C)c3=O)ccc21. The quantitative estimate of drug-likeness (QED) is 0.918. The van der Waals surface area contributed by atoms with Crippen LogP contribution in [0.5, 0.6) is 0 Å². The Labute approximate surface area is 128 Å². The first-order valence-corrected chi connectivity index (χ1v) is 7.26. The van der Waals surface area contributed by atoms with Gasteiger partial charge in [-0.15, -0.1) is 0 Å². The van der Waals surface area contributed by atoms with E-state index in [1.165, 1.54) is 4.57 Å². The van der Waals surface area contributed by atoms with Crippen molar-refractivity contribution in [1.29, 1.82) is 0 Å². The molecule has 0 saturated heterocycles. The summed E-state index contributed by atoms with van der Waals surface area (Å²) in [6.45, 7) is 2.34. The van der Waals surface area contributed by atoms with Crippen molar-refractivity contribution in [3.05, 3.63) is 46.5 Å². The fourth-order valence-corrected chi connectivity index (χ4v) is 2.72. The van der Waals surface area contributed by atoms with Crippen LogP contribution in [0, 0.1) is 0 Å². The monoisotopic (exact) mass is 298 g/mol. The highest BCUT2D eigenvalue weighted by Gasteiger charge is 2.20. The van der Waals surface area contributed by atoms with Gasteiger partial charge in [0.05, 0.1) is 0 Å². The summed E-state index contributed by atoms with van der Waals surface area (Å²) < 4.78 is 1.48. The van der Waals surface area contributed by atoms with Crippen molar-refractivity contribution in [3.63, 3.8) is 0 Å². The minimum atomic E-state index is -0.175. The van der Waals surface area contributed by atoms with Crippen molar-refractivity contribution >= 4 is 23.1 Å². The van der Waals surface area contributed by atoms with E-state index >= 15 is 0 Å². The van der Waals surface area contributed by atoms with Gasteiger partial charge < -0.3 is 14.8 Å². The van der Waals surface area contributed by atoms with Crippen LogP contribution in [0.4, 0.5) is 17.2 Å². The van der Waals surface area contributed by atoms with Gasteiger partial charge >= 0.3 is 0 Å². The molecule has 3 rings (SSSR count). The predicted octanol–water partition coefficient (Wildman–Crippen LogP) is 1.82. The number of nitrogens with one attached hydrogen (secondary N) is 1. The summed E-state index contributed by atoms with van der Waals surface area (Å²) in [5.74, 6) is 0.351. The molecule has 0 radical (unpaired) electrons. The number of amides is 1. The Bertz CT molecular complexity index is 782. The van der Waals surface area contributed by atoms with Crippen LogP contribution >= 0.6 is 0 Å². The maximum atomic E-state index is 12.0. The van der Waals surface area contributed by atoms with Gasteiger partial charge in [-0.05, 0) is 36.6 Å². The molecule has 114 valence electrons. The van der Waals surface area contributed by atoms with Crippen molar-refractivity contribution in [2.45, 2.75) is 19.8 Å². The third-order valence-corrected chi connectivity index (χ3v) is 3.86. The predicted molar refractivity (Wildman–Crippen MR) is 85.6 cm³/mol. The third-order valence-electron chi connectivity index (χ3n) is 3.86. The van der Waals surface area contributed by atoms with E-state index in [9.17, 15) is 9.59 Å². The number of nitrogens with zero attached hydrogens (tertiary/aromatic N) is 3. The minimum absolute atomic E-state index is 0.0558. The van der Waals surface area contributed by atoms with Crippen molar-refractivity contribution in [2.75, 3.05) is 16.8 Å². The average Bonchev–Trinajstić information content (AvgIpc) is 2.51. The number of aryl methyl sites for hydroxylation is 2. The Kier molecular flexibility index (Phi) is 3.66. The molecule has 22 heavy (non-hydrogen) atoms. The molecule has 1 N–H and O–H groups in total. The molecule has 0 bridgehead atoms. The summed E-state index contributed by atoms with van der Waals surface area (Å²) in [6, 6.07) is 5.78. The first kappa shape index (κ1) is 14.3. The molecule has 6 heteroatoms. The van der Waals surface area contributed by atoms with Crippen molar-refractivity contribution in [1.82, 2.24) is 9.55 Å². The molecule has 1 aromatic carbocycles. The van der Waals surface area contributed by atoms with Gasteiger partial charge in [0, 0.05) is 44.3 Å². The lowest BCUT2D eigenvalue weighted by molar-refractivity contribution is -0.116. The Balaban J connectivity index is 1.92. The van der Waals surface area contributed by atoms with E-state index < -0.39 is 0 Å². The molecule has 0 fully saturated rings. The van der Waals surface area contributed by atoms with Crippen molar-refractivity contribution in [2.24, 2.45) is 7.05 Å². The number of hydrogen-bond donors (Lipinski definition) is 1. The minimum Gasteiger partial charge on any atom is -0.336 e. The number of aromatic nitrogens is 2. The van der Waals surface area contributed by atoms with Gasteiger partial charge in [0.15, 0.2) is 5.82 Å². The molecule has 0 saturated carbocycles. The zero-order valence-electron chi connectivity index (χ0n) is 12.7. The van der Waals surface area contributed by atoms with E-state index in [0.717, 1.165) is 36.3 Å². The van der Waals surface area contributed by atoms with Crippen LogP contribution in [-0.2, 0) is 18.3 Å². The highest BCUT2D eigenvalue weighted by molar-refractivity contribution is 5.93. The number of anilines is 3. The first-order chi connectivity index (χ1) is 10.6. The van der Waals surface area contributed by atoms with E-state index in [0.29, 0.717) is 5.82 Å². The maximum Gasteiger partial charge on any atom is 0.293 e. The molecule has 0 atom stereocenters. The van der Waals surface area contributed by atoms with Crippen LogP contribution in [-0.4, -0.2) is 22.0 Å². The standard InChI is InChI=1S/C16H18N4O2/c1-11(21)20-8-3-4-12-10-13(5-6-14(12)20)18-15-16(22)19(2)9-7-17-15/h5-7,9-10H,3-4,8H2,1-2H3,(H,17,18). The van der Waals surface area contributed by atoms with E-state index in [1.807, 2.05) is 18.2 Å². The third kappa shape index (κ3) is 2.59. The summed E-state index contributed by atoms with van der Waals surface area (Å²) in [6.07, 6.45) is 5.07. The molecular weight excluding hydrogens is 280 g/mol. The Hall–Kier alpha value is -2.63. The van der Waals surface area contributed by atoms with E-state index in [4.69, 9.17) is 0 Å². The molecule has 1 aromatic heterocycles. The second-order valence-electron chi connectivity index (χ2n) is 5.43. The van der Waals surface area contributed by atoms with Crippen LogP contribution in [0.15, 0.2) is 35.4 Å². The largest absolute Gasteiger partial charge is 0.336 e. The van der Waals surface area contributed by atoms with Crippen LogP contribution in [0.1, 0.15) is 18.9 Å². The molecular formula is C16H18N4O2. The average molecular weight is 298 g/mol. The first-order valence-electron chi connectivity index (χ1n) is 7.26. The van der Waals surface area contributed by atoms with Crippen LogP contribution in [0.2, 0.25) is 0 Å². The molecule has 1 aliphatic rings. The van der Waals surface area contributed by atoms with Gasteiger partial charge in [-0.25, -0.2) is 4.98 Å². The lowest BCUT2D eigenvalue weighted by Crippen LogP contribution is -2.33. The molecule has 2 aromatic rings. The number of benzene rings is 1. The molecule has 0 spiro atoms. The number of fused-ring (bicyclic) bond motifs is 1.